The Morgan fingerprint density at radius 1 is 1.43 bits per heavy atom. The zero-order valence-electron chi connectivity index (χ0n) is 8.79. The van der Waals surface area contributed by atoms with E-state index in [1.54, 1.807) is 17.5 Å². The minimum absolute atomic E-state index is 0.499. The molecule has 1 aromatic heterocycles. The quantitative estimate of drug-likeness (QED) is 0.775. The van der Waals surface area contributed by atoms with Crippen molar-refractivity contribution in [3.63, 3.8) is 0 Å². The molecule has 1 aliphatic rings. The van der Waals surface area contributed by atoms with Crippen molar-refractivity contribution in [2.24, 2.45) is 5.41 Å². The predicted octanol–water partition coefficient (Wildman–Crippen LogP) is 2.35. The van der Waals surface area contributed by atoms with Crippen molar-refractivity contribution in [2.75, 3.05) is 23.7 Å². The van der Waals surface area contributed by atoms with Crippen LogP contribution in [-0.4, -0.2) is 18.1 Å². The first-order valence-electron chi connectivity index (χ1n) is 5.03. The minimum atomic E-state index is 0.499. The van der Waals surface area contributed by atoms with Gasteiger partial charge in [-0.05, 0) is 18.3 Å². The van der Waals surface area contributed by atoms with Crippen LogP contribution >= 0.6 is 11.3 Å². The highest BCUT2D eigenvalue weighted by molar-refractivity contribution is 7.19. The lowest BCUT2D eigenvalue weighted by Crippen LogP contribution is -2.37. The van der Waals surface area contributed by atoms with Crippen LogP contribution in [0.25, 0.3) is 0 Å². The molecular formula is C10H17N3S. The molecule has 2 N–H and O–H groups in total. The third-order valence-corrected chi connectivity index (χ3v) is 3.79. The van der Waals surface area contributed by atoms with E-state index < -0.39 is 0 Å². The molecule has 14 heavy (non-hydrogen) atoms. The Morgan fingerprint density at radius 2 is 2.07 bits per heavy atom. The number of piperidine rings is 1. The highest BCUT2D eigenvalue weighted by atomic mass is 32.1. The van der Waals surface area contributed by atoms with Gasteiger partial charge in [0.05, 0.1) is 6.20 Å². The molecule has 0 atom stereocenters. The summed E-state index contributed by atoms with van der Waals surface area (Å²) in [5.41, 5.74) is 6.17. The van der Waals surface area contributed by atoms with Crippen molar-refractivity contribution in [1.29, 1.82) is 0 Å². The molecule has 1 aromatic rings. The largest absolute Gasteiger partial charge is 0.389 e. The Labute approximate surface area is 88.9 Å². The van der Waals surface area contributed by atoms with Gasteiger partial charge in [-0.15, -0.1) is 0 Å². The number of hydrogen-bond donors (Lipinski definition) is 1. The Balaban J connectivity index is 2.02. The summed E-state index contributed by atoms with van der Waals surface area (Å²) >= 11 is 1.59. The van der Waals surface area contributed by atoms with Gasteiger partial charge in [-0.3, -0.25) is 0 Å². The van der Waals surface area contributed by atoms with Gasteiger partial charge in [-0.2, -0.15) is 0 Å². The van der Waals surface area contributed by atoms with Crippen LogP contribution in [0.3, 0.4) is 0 Å². The molecule has 0 bridgehead atoms. The van der Waals surface area contributed by atoms with E-state index in [1.807, 2.05) is 0 Å². The highest BCUT2D eigenvalue weighted by Gasteiger charge is 2.26. The predicted molar refractivity (Wildman–Crippen MR) is 61.8 cm³/mol. The van der Waals surface area contributed by atoms with Gasteiger partial charge in [0.25, 0.3) is 0 Å². The zero-order valence-corrected chi connectivity index (χ0v) is 9.60. The van der Waals surface area contributed by atoms with Crippen molar-refractivity contribution in [3.8, 4) is 0 Å². The Hall–Kier alpha value is -0.770. The summed E-state index contributed by atoms with van der Waals surface area (Å²) in [7, 11) is 0. The number of anilines is 2. The topological polar surface area (TPSA) is 42.2 Å². The van der Waals surface area contributed by atoms with E-state index >= 15 is 0 Å². The van der Waals surface area contributed by atoms with Crippen LogP contribution < -0.4 is 10.6 Å². The van der Waals surface area contributed by atoms with Gasteiger partial charge in [0.2, 0.25) is 0 Å². The van der Waals surface area contributed by atoms with E-state index in [0.717, 1.165) is 23.2 Å². The molecule has 1 fully saturated rings. The monoisotopic (exact) mass is 211 g/mol. The molecule has 0 aliphatic carbocycles. The number of aromatic nitrogens is 1. The molecule has 3 nitrogen and oxygen atoms in total. The van der Waals surface area contributed by atoms with Gasteiger partial charge in [0.15, 0.2) is 5.13 Å². The average Bonchev–Trinajstić information content (AvgIpc) is 2.52. The Morgan fingerprint density at radius 3 is 2.57 bits per heavy atom. The van der Waals surface area contributed by atoms with Crippen LogP contribution in [0.2, 0.25) is 0 Å². The van der Waals surface area contributed by atoms with Gasteiger partial charge in [0.1, 0.15) is 5.00 Å². The maximum absolute atomic E-state index is 5.67. The van der Waals surface area contributed by atoms with Gasteiger partial charge in [-0.1, -0.05) is 25.2 Å². The number of nitrogens with two attached hydrogens (primary N) is 1. The van der Waals surface area contributed by atoms with Gasteiger partial charge in [0, 0.05) is 13.1 Å². The van der Waals surface area contributed by atoms with Crippen LogP contribution in [0.15, 0.2) is 6.20 Å². The van der Waals surface area contributed by atoms with Crippen LogP contribution in [0.1, 0.15) is 26.7 Å². The van der Waals surface area contributed by atoms with Crippen LogP contribution in [0, 0.1) is 5.41 Å². The molecule has 4 heteroatoms. The second-order valence-electron chi connectivity index (χ2n) is 4.70. The Kier molecular flexibility index (Phi) is 2.39. The molecule has 1 aliphatic heterocycles. The Bertz CT molecular complexity index is 309. The third-order valence-electron chi connectivity index (χ3n) is 2.90. The lowest BCUT2D eigenvalue weighted by Gasteiger charge is -2.36. The molecule has 0 spiro atoms. The molecule has 0 unspecified atom stereocenters. The van der Waals surface area contributed by atoms with Gasteiger partial charge < -0.3 is 10.6 Å². The molecular weight excluding hydrogens is 194 g/mol. The molecule has 78 valence electrons. The van der Waals surface area contributed by atoms with Crippen molar-refractivity contribution in [3.05, 3.63) is 6.20 Å². The molecule has 0 aromatic carbocycles. The van der Waals surface area contributed by atoms with Crippen molar-refractivity contribution >= 4 is 21.5 Å². The fourth-order valence-corrected chi connectivity index (χ4v) is 2.46. The number of hydrogen-bond acceptors (Lipinski definition) is 4. The summed E-state index contributed by atoms with van der Waals surface area (Å²) in [6, 6.07) is 0. The summed E-state index contributed by atoms with van der Waals surface area (Å²) in [5.74, 6) is 0. The average molecular weight is 211 g/mol. The maximum atomic E-state index is 5.67. The van der Waals surface area contributed by atoms with Crippen molar-refractivity contribution in [2.45, 2.75) is 26.7 Å². The van der Waals surface area contributed by atoms with E-state index in [1.165, 1.54) is 12.8 Å². The fraction of sp³-hybridized carbons (Fsp3) is 0.700. The highest BCUT2D eigenvalue weighted by Crippen LogP contribution is 2.33. The van der Waals surface area contributed by atoms with E-state index in [-0.39, 0.29) is 0 Å². The maximum Gasteiger partial charge on any atom is 0.187 e. The van der Waals surface area contributed by atoms with Crippen molar-refractivity contribution in [1.82, 2.24) is 4.98 Å². The zero-order chi connectivity index (χ0) is 10.2. The van der Waals surface area contributed by atoms with Gasteiger partial charge in [-0.25, -0.2) is 4.98 Å². The first-order valence-corrected chi connectivity index (χ1v) is 5.85. The summed E-state index contributed by atoms with van der Waals surface area (Å²) in [4.78, 5) is 6.65. The smallest absolute Gasteiger partial charge is 0.187 e. The lowest BCUT2D eigenvalue weighted by atomic mass is 9.83. The van der Waals surface area contributed by atoms with E-state index in [0.29, 0.717) is 5.41 Å². The van der Waals surface area contributed by atoms with Gasteiger partial charge >= 0.3 is 0 Å². The standard InChI is InChI=1S/C10H17N3S/c1-10(2)3-5-13(6-4-10)9-12-7-8(11)14-9/h7H,3-6,11H2,1-2H3. The summed E-state index contributed by atoms with van der Waals surface area (Å²) in [5, 5.41) is 1.89. The molecule has 2 rings (SSSR count). The summed E-state index contributed by atoms with van der Waals surface area (Å²) < 4.78 is 0. The molecule has 0 amide bonds. The molecule has 1 saturated heterocycles. The normalized spacial score (nSPS) is 21.1. The van der Waals surface area contributed by atoms with Crippen LogP contribution in [0.5, 0.6) is 0 Å². The fourth-order valence-electron chi connectivity index (χ4n) is 1.73. The number of nitrogens with zero attached hydrogens (tertiary/aromatic N) is 2. The number of nitrogen functional groups attached to an aromatic ring is 1. The second-order valence-corrected chi connectivity index (χ2v) is 5.74. The molecule has 0 saturated carbocycles. The van der Waals surface area contributed by atoms with E-state index in [9.17, 15) is 0 Å². The number of thiazole rings is 1. The second kappa shape index (κ2) is 3.42. The number of rotatable bonds is 1. The van der Waals surface area contributed by atoms with E-state index in [4.69, 9.17) is 5.73 Å². The molecule has 0 radical (unpaired) electrons. The van der Waals surface area contributed by atoms with E-state index in [2.05, 4.69) is 23.7 Å². The first kappa shape index (κ1) is 9.77. The molecule has 2 heterocycles. The van der Waals surface area contributed by atoms with Crippen molar-refractivity contribution < 1.29 is 0 Å². The third kappa shape index (κ3) is 2.00. The summed E-state index contributed by atoms with van der Waals surface area (Å²) in [6.07, 6.45) is 4.23. The first-order chi connectivity index (χ1) is 6.57. The lowest BCUT2D eigenvalue weighted by molar-refractivity contribution is 0.280. The SMILES string of the molecule is CC1(C)CCN(c2ncc(N)s2)CC1. The van der Waals surface area contributed by atoms with Crippen LogP contribution in [-0.2, 0) is 0 Å². The minimum Gasteiger partial charge on any atom is -0.389 e. The summed E-state index contributed by atoms with van der Waals surface area (Å²) in [6.45, 7) is 6.89. The van der Waals surface area contributed by atoms with Crippen LogP contribution in [0.4, 0.5) is 10.1 Å².